The van der Waals surface area contributed by atoms with E-state index in [4.69, 9.17) is 4.74 Å². The Kier molecular flexibility index (Phi) is 3.18. The topological polar surface area (TPSA) is 47.0 Å². The van der Waals surface area contributed by atoms with Crippen LogP contribution in [0.25, 0.3) is 0 Å². The van der Waals surface area contributed by atoms with Crippen molar-refractivity contribution in [2.75, 3.05) is 12.4 Å². The molecule has 0 amide bonds. The minimum Gasteiger partial charge on any atom is -0.437 e. The van der Waals surface area contributed by atoms with Gasteiger partial charge in [0, 0.05) is 13.1 Å². The van der Waals surface area contributed by atoms with Gasteiger partial charge in [0.1, 0.15) is 17.4 Å². The number of aromatic nitrogens is 2. The number of ether oxygens (including phenoxy) is 1. The van der Waals surface area contributed by atoms with Gasteiger partial charge in [-0.25, -0.2) is 4.39 Å². The third kappa shape index (κ3) is 2.69. The summed E-state index contributed by atoms with van der Waals surface area (Å²) >= 11 is 0. The maximum atomic E-state index is 13.1. The summed E-state index contributed by atoms with van der Waals surface area (Å²) in [5.74, 6) is 1.01. The molecule has 0 spiro atoms. The van der Waals surface area contributed by atoms with Crippen molar-refractivity contribution in [1.29, 1.82) is 0 Å². The Morgan fingerprint density at radius 2 is 2.12 bits per heavy atom. The van der Waals surface area contributed by atoms with E-state index in [0.717, 1.165) is 5.56 Å². The molecule has 2 aromatic rings. The highest BCUT2D eigenvalue weighted by molar-refractivity contribution is 5.37. The molecule has 0 aliphatic heterocycles. The molecular weight excluding hydrogens is 221 g/mol. The summed E-state index contributed by atoms with van der Waals surface area (Å²) in [5.41, 5.74) is 0.836. The molecule has 0 saturated carbocycles. The lowest BCUT2D eigenvalue weighted by Gasteiger charge is -2.08. The van der Waals surface area contributed by atoms with Crippen LogP contribution in [0.4, 0.5) is 10.2 Å². The SMILES string of the molecule is CNc1cncc(Oc2cc(F)ccc2C)n1. The highest BCUT2D eigenvalue weighted by Gasteiger charge is 2.05. The summed E-state index contributed by atoms with van der Waals surface area (Å²) in [4.78, 5) is 8.10. The van der Waals surface area contributed by atoms with Crippen molar-refractivity contribution in [1.82, 2.24) is 9.97 Å². The van der Waals surface area contributed by atoms with Crippen molar-refractivity contribution < 1.29 is 9.13 Å². The molecule has 0 radical (unpaired) electrons. The van der Waals surface area contributed by atoms with Crippen LogP contribution in [0.1, 0.15) is 5.56 Å². The minimum absolute atomic E-state index is 0.325. The van der Waals surface area contributed by atoms with Gasteiger partial charge in [0.25, 0.3) is 0 Å². The van der Waals surface area contributed by atoms with Crippen LogP contribution < -0.4 is 10.1 Å². The van der Waals surface area contributed by atoms with Crippen LogP contribution in [0.2, 0.25) is 0 Å². The van der Waals surface area contributed by atoms with Crippen molar-refractivity contribution in [2.24, 2.45) is 0 Å². The fourth-order valence-electron chi connectivity index (χ4n) is 1.31. The van der Waals surface area contributed by atoms with Gasteiger partial charge in [-0.05, 0) is 18.6 Å². The summed E-state index contributed by atoms with van der Waals surface area (Å²) in [5, 5.41) is 2.85. The van der Waals surface area contributed by atoms with E-state index in [-0.39, 0.29) is 5.82 Å². The second-order valence-corrected chi connectivity index (χ2v) is 3.50. The summed E-state index contributed by atoms with van der Waals surface area (Å²) in [6, 6.07) is 4.36. The van der Waals surface area contributed by atoms with Crippen LogP contribution in [-0.2, 0) is 0 Å². The highest BCUT2D eigenvalue weighted by atomic mass is 19.1. The van der Waals surface area contributed by atoms with Crippen LogP contribution >= 0.6 is 0 Å². The number of benzene rings is 1. The van der Waals surface area contributed by atoms with E-state index in [2.05, 4.69) is 15.3 Å². The molecule has 1 N–H and O–H groups in total. The van der Waals surface area contributed by atoms with E-state index in [1.165, 1.54) is 18.3 Å². The number of rotatable bonds is 3. The number of hydrogen-bond acceptors (Lipinski definition) is 4. The first-order valence-electron chi connectivity index (χ1n) is 5.13. The Balaban J connectivity index is 2.27. The van der Waals surface area contributed by atoms with E-state index in [0.29, 0.717) is 17.4 Å². The van der Waals surface area contributed by atoms with E-state index < -0.39 is 0 Å². The van der Waals surface area contributed by atoms with E-state index in [1.54, 1.807) is 19.3 Å². The Morgan fingerprint density at radius 1 is 1.29 bits per heavy atom. The van der Waals surface area contributed by atoms with Gasteiger partial charge in [-0.1, -0.05) is 6.07 Å². The molecule has 1 heterocycles. The average molecular weight is 233 g/mol. The lowest BCUT2D eigenvalue weighted by Crippen LogP contribution is -1.96. The van der Waals surface area contributed by atoms with Gasteiger partial charge in [0.05, 0.1) is 12.4 Å². The number of anilines is 1. The van der Waals surface area contributed by atoms with Crippen LogP contribution in [0.5, 0.6) is 11.6 Å². The van der Waals surface area contributed by atoms with Crippen molar-refractivity contribution >= 4 is 5.82 Å². The van der Waals surface area contributed by atoms with Gasteiger partial charge < -0.3 is 10.1 Å². The Hall–Kier alpha value is -2.17. The fraction of sp³-hybridized carbons (Fsp3) is 0.167. The zero-order chi connectivity index (χ0) is 12.3. The summed E-state index contributed by atoms with van der Waals surface area (Å²) in [7, 11) is 1.74. The van der Waals surface area contributed by atoms with E-state index >= 15 is 0 Å². The maximum absolute atomic E-state index is 13.1. The predicted octanol–water partition coefficient (Wildman–Crippen LogP) is 2.76. The number of nitrogens with zero attached hydrogens (tertiary/aromatic N) is 2. The minimum atomic E-state index is -0.344. The second kappa shape index (κ2) is 4.78. The van der Waals surface area contributed by atoms with E-state index in [1.807, 2.05) is 6.92 Å². The van der Waals surface area contributed by atoms with Crippen molar-refractivity contribution in [3.05, 3.63) is 42.0 Å². The van der Waals surface area contributed by atoms with Gasteiger partial charge in [-0.2, -0.15) is 4.98 Å². The molecule has 1 aromatic carbocycles. The molecule has 0 bridgehead atoms. The van der Waals surface area contributed by atoms with Crippen LogP contribution in [0.15, 0.2) is 30.6 Å². The van der Waals surface area contributed by atoms with Gasteiger partial charge in [0.2, 0.25) is 5.88 Å². The standard InChI is InChI=1S/C12H12FN3O/c1-8-3-4-9(13)5-10(8)17-12-7-15-6-11(14-2)16-12/h3-7H,1-2H3,(H,14,16). The Bertz CT molecular complexity index is 531. The molecule has 0 saturated heterocycles. The Labute approximate surface area is 98.5 Å². The van der Waals surface area contributed by atoms with Crippen LogP contribution in [-0.4, -0.2) is 17.0 Å². The van der Waals surface area contributed by atoms with Gasteiger partial charge >= 0.3 is 0 Å². The third-order valence-corrected chi connectivity index (χ3v) is 2.23. The molecule has 0 unspecified atom stereocenters. The summed E-state index contributed by atoms with van der Waals surface area (Å²) in [6.07, 6.45) is 3.05. The van der Waals surface area contributed by atoms with Crippen molar-refractivity contribution in [3.63, 3.8) is 0 Å². The first kappa shape index (κ1) is 11.3. The number of nitrogens with one attached hydrogen (secondary N) is 1. The van der Waals surface area contributed by atoms with Crippen molar-refractivity contribution in [2.45, 2.75) is 6.92 Å². The first-order valence-corrected chi connectivity index (χ1v) is 5.13. The first-order chi connectivity index (χ1) is 8.19. The van der Waals surface area contributed by atoms with Crippen LogP contribution in [0.3, 0.4) is 0 Å². The lowest BCUT2D eigenvalue weighted by atomic mass is 10.2. The second-order valence-electron chi connectivity index (χ2n) is 3.50. The molecule has 0 aliphatic carbocycles. The van der Waals surface area contributed by atoms with E-state index in [9.17, 15) is 4.39 Å². The van der Waals surface area contributed by atoms with Gasteiger partial charge in [-0.15, -0.1) is 0 Å². The van der Waals surface area contributed by atoms with Crippen molar-refractivity contribution in [3.8, 4) is 11.6 Å². The average Bonchev–Trinajstić information content (AvgIpc) is 2.34. The Morgan fingerprint density at radius 3 is 2.88 bits per heavy atom. The largest absolute Gasteiger partial charge is 0.437 e. The molecule has 0 aliphatic rings. The smallest absolute Gasteiger partial charge is 0.239 e. The molecule has 88 valence electrons. The maximum Gasteiger partial charge on any atom is 0.239 e. The zero-order valence-corrected chi connectivity index (χ0v) is 9.57. The number of hydrogen-bond donors (Lipinski definition) is 1. The fourth-order valence-corrected chi connectivity index (χ4v) is 1.31. The molecule has 0 fully saturated rings. The number of aryl methyl sites for hydroxylation is 1. The third-order valence-electron chi connectivity index (χ3n) is 2.23. The normalized spacial score (nSPS) is 10.1. The predicted molar refractivity (Wildman–Crippen MR) is 62.8 cm³/mol. The summed E-state index contributed by atoms with van der Waals surface area (Å²) < 4.78 is 18.5. The molecule has 1 aromatic heterocycles. The lowest BCUT2D eigenvalue weighted by molar-refractivity contribution is 0.453. The quantitative estimate of drug-likeness (QED) is 0.885. The number of halogens is 1. The molecule has 2 rings (SSSR count). The molecule has 5 heteroatoms. The molecule has 0 atom stereocenters. The zero-order valence-electron chi connectivity index (χ0n) is 9.57. The molecular formula is C12H12FN3O. The summed E-state index contributed by atoms with van der Waals surface area (Å²) in [6.45, 7) is 1.84. The highest BCUT2D eigenvalue weighted by Crippen LogP contribution is 2.24. The van der Waals surface area contributed by atoms with Gasteiger partial charge in [0.15, 0.2) is 0 Å². The van der Waals surface area contributed by atoms with Crippen LogP contribution in [0, 0.1) is 12.7 Å². The molecule has 4 nitrogen and oxygen atoms in total. The molecule has 17 heavy (non-hydrogen) atoms. The monoisotopic (exact) mass is 233 g/mol. The van der Waals surface area contributed by atoms with Gasteiger partial charge in [-0.3, -0.25) is 4.98 Å².